The zero-order chi connectivity index (χ0) is 16.7. The molecule has 0 heterocycles. The Labute approximate surface area is 136 Å². The maximum absolute atomic E-state index is 12.1. The SMILES string of the molecule is C#Cc1cccc(NC(=O)CN(C)Cc2ccc(CO)cc2)c1. The van der Waals surface area contributed by atoms with Crippen LogP contribution in [0.1, 0.15) is 16.7 Å². The van der Waals surface area contributed by atoms with Crippen molar-refractivity contribution in [2.45, 2.75) is 13.2 Å². The van der Waals surface area contributed by atoms with Crippen LogP contribution in [0.3, 0.4) is 0 Å². The lowest BCUT2D eigenvalue weighted by molar-refractivity contribution is -0.117. The summed E-state index contributed by atoms with van der Waals surface area (Å²) in [4.78, 5) is 14.0. The molecule has 0 atom stereocenters. The highest BCUT2D eigenvalue weighted by atomic mass is 16.3. The molecule has 0 unspecified atom stereocenters. The number of amides is 1. The quantitative estimate of drug-likeness (QED) is 0.805. The summed E-state index contributed by atoms with van der Waals surface area (Å²) >= 11 is 0. The third-order valence-corrected chi connectivity index (χ3v) is 3.38. The number of aliphatic hydroxyl groups is 1. The molecule has 2 aromatic carbocycles. The van der Waals surface area contributed by atoms with Crippen molar-refractivity contribution >= 4 is 11.6 Å². The molecule has 0 aromatic heterocycles. The molecule has 4 nitrogen and oxygen atoms in total. The van der Waals surface area contributed by atoms with Gasteiger partial charge in [-0.3, -0.25) is 9.69 Å². The molecule has 2 rings (SSSR count). The van der Waals surface area contributed by atoms with Crippen molar-refractivity contribution in [2.75, 3.05) is 18.9 Å². The molecular formula is C19H20N2O2. The molecule has 0 spiro atoms. The van der Waals surface area contributed by atoms with E-state index in [-0.39, 0.29) is 19.1 Å². The van der Waals surface area contributed by atoms with Gasteiger partial charge >= 0.3 is 0 Å². The van der Waals surface area contributed by atoms with E-state index in [1.807, 2.05) is 54.4 Å². The van der Waals surface area contributed by atoms with Gasteiger partial charge in [-0.15, -0.1) is 6.42 Å². The molecule has 0 fully saturated rings. The minimum atomic E-state index is -0.0892. The number of benzene rings is 2. The van der Waals surface area contributed by atoms with Crippen LogP contribution in [-0.2, 0) is 17.9 Å². The van der Waals surface area contributed by atoms with Gasteiger partial charge in [-0.05, 0) is 36.4 Å². The fourth-order valence-electron chi connectivity index (χ4n) is 2.25. The lowest BCUT2D eigenvalue weighted by atomic mass is 10.1. The second-order valence-electron chi connectivity index (χ2n) is 5.42. The van der Waals surface area contributed by atoms with Crippen molar-refractivity contribution < 1.29 is 9.90 Å². The van der Waals surface area contributed by atoms with Gasteiger partial charge in [-0.2, -0.15) is 0 Å². The summed E-state index contributed by atoms with van der Waals surface area (Å²) in [5.41, 5.74) is 3.40. The monoisotopic (exact) mass is 308 g/mol. The van der Waals surface area contributed by atoms with Gasteiger partial charge in [0.25, 0.3) is 0 Å². The zero-order valence-corrected chi connectivity index (χ0v) is 13.1. The molecular weight excluding hydrogens is 288 g/mol. The minimum Gasteiger partial charge on any atom is -0.392 e. The normalized spacial score (nSPS) is 10.3. The van der Waals surface area contributed by atoms with E-state index in [1.54, 1.807) is 6.07 Å². The van der Waals surface area contributed by atoms with Crippen LogP contribution in [0.25, 0.3) is 0 Å². The number of nitrogens with one attached hydrogen (secondary N) is 1. The molecule has 23 heavy (non-hydrogen) atoms. The lowest BCUT2D eigenvalue weighted by Crippen LogP contribution is -2.29. The van der Waals surface area contributed by atoms with Crippen molar-refractivity contribution in [1.29, 1.82) is 0 Å². The van der Waals surface area contributed by atoms with Crippen LogP contribution in [0.5, 0.6) is 0 Å². The van der Waals surface area contributed by atoms with Crippen molar-refractivity contribution in [3.8, 4) is 12.3 Å². The average Bonchev–Trinajstić information content (AvgIpc) is 2.55. The number of likely N-dealkylation sites (N-methyl/N-ethyl adjacent to an activating group) is 1. The fraction of sp³-hybridized carbons (Fsp3) is 0.211. The smallest absolute Gasteiger partial charge is 0.238 e. The number of hydrogen-bond acceptors (Lipinski definition) is 3. The van der Waals surface area contributed by atoms with E-state index in [2.05, 4.69) is 11.2 Å². The number of rotatable bonds is 6. The minimum absolute atomic E-state index is 0.0370. The summed E-state index contributed by atoms with van der Waals surface area (Å²) in [6.45, 7) is 0.973. The Morgan fingerprint density at radius 1 is 1.22 bits per heavy atom. The molecule has 4 heteroatoms. The van der Waals surface area contributed by atoms with Crippen LogP contribution >= 0.6 is 0 Å². The number of carbonyl (C=O) groups excluding carboxylic acids is 1. The third-order valence-electron chi connectivity index (χ3n) is 3.38. The highest BCUT2D eigenvalue weighted by molar-refractivity contribution is 5.92. The molecule has 0 bridgehead atoms. The summed E-state index contributed by atoms with van der Waals surface area (Å²) in [6, 6.07) is 14.9. The maximum atomic E-state index is 12.1. The van der Waals surface area contributed by atoms with E-state index in [0.29, 0.717) is 12.2 Å². The average molecular weight is 308 g/mol. The number of terminal acetylenes is 1. The van der Waals surface area contributed by atoms with Gasteiger partial charge < -0.3 is 10.4 Å². The third kappa shape index (κ3) is 5.26. The van der Waals surface area contributed by atoms with Crippen LogP contribution in [0, 0.1) is 12.3 Å². The fourth-order valence-corrected chi connectivity index (χ4v) is 2.25. The van der Waals surface area contributed by atoms with Gasteiger partial charge in [0.1, 0.15) is 0 Å². The first-order chi connectivity index (χ1) is 11.1. The first-order valence-corrected chi connectivity index (χ1v) is 7.34. The topological polar surface area (TPSA) is 52.6 Å². The van der Waals surface area contributed by atoms with E-state index >= 15 is 0 Å². The lowest BCUT2D eigenvalue weighted by Gasteiger charge is -2.16. The predicted molar refractivity (Wildman–Crippen MR) is 91.7 cm³/mol. The Hall–Kier alpha value is -2.61. The molecule has 0 saturated carbocycles. The van der Waals surface area contributed by atoms with Gasteiger partial charge in [0, 0.05) is 17.8 Å². The Morgan fingerprint density at radius 2 is 1.91 bits per heavy atom. The van der Waals surface area contributed by atoms with Gasteiger partial charge in [0.15, 0.2) is 0 Å². The van der Waals surface area contributed by atoms with Crippen LogP contribution < -0.4 is 5.32 Å². The summed E-state index contributed by atoms with van der Waals surface area (Å²) < 4.78 is 0. The molecule has 0 radical (unpaired) electrons. The zero-order valence-electron chi connectivity index (χ0n) is 13.1. The second kappa shape index (κ2) is 8.14. The van der Waals surface area contributed by atoms with Crippen LogP contribution in [0.4, 0.5) is 5.69 Å². The van der Waals surface area contributed by atoms with Crippen LogP contribution in [-0.4, -0.2) is 29.5 Å². The molecule has 0 aliphatic carbocycles. The Morgan fingerprint density at radius 3 is 2.57 bits per heavy atom. The van der Waals surface area contributed by atoms with Crippen LogP contribution in [0.15, 0.2) is 48.5 Å². The van der Waals surface area contributed by atoms with Crippen LogP contribution in [0.2, 0.25) is 0 Å². The van der Waals surface area contributed by atoms with Crippen molar-refractivity contribution in [2.24, 2.45) is 0 Å². The number of carbonyl (C=O) groups is 1. The van der Waals surface area contributed by atoms with E-state index in [1.165, 1.54) is 0 Å². The number of nitrogens with zero attached hydrogens (tertiary/aromatic N) is 1. The summed E-state index contributed by atoms with van der Waals surface area (Å²) in [7, 11) is 1.89. The van der Waals surface area contributed by atoms with Gasteiger partial charge in [0.2, 0.25) is 5.91 Å². The highest BCUT2D eigenvalue weighted by Crippen LogP contribution is 2.10. The first kappa shape index (κ1) is 16.8. The molecule has 118 valence electrons. The van der Waals surface area contributed by atoms with Gasteiger partial charge in [0.05, 0.1) is 13.2 Å². The van der Waals surface area contributed by atoms with E-state index in [4.69, 9.17) is 11.5 Å². The molecule has 2 aromatic rings. The second-order valence-corrected chi connectivity index (χ2v) is 5.42. The number of anilines is 1. The Bertz CT molecular complexity index is 702. The van der Waals surface area contributed by atoms with E-state index in [9.17, 15) is 4.79 Å². The summed E-state index contributed by atoms with van der Waals surface area (Å²) in [5.74, 6) is 2.45. The Balaban J connectivity index is 1.87. The molecule has 0 saturated heterocycles. The number of hydrogen-bond donors (Lipinski definition) is 2. The van der Waals surface area contributed by atoms with Crippen molar-refractivity contribution in [3.05, 3.63) is 65.2 Å². The largest absolute Gasteiger partial charge is 0.392 e. The number of aliphatic hydroxyl groups excluding tert-OH is 1. The van der Waals surface area contributed by atoms with Gasteiger partial charge in [-0.25, -0.2) is 0 Å². The molecule has 0 aliphatic rings. The molecule has 0 aliphatic heterocycles. The standard InChI is InChI=1S/C19H20N2O2/c1-3-15-5-4-6-18(11-15)20-19(23)13-21(2)12-16-7-9-17(14-22)10-8-16/h1,4-11,22H,12-14H2,2H3,(H,20,23). The van der Waals surface area contributed by atoms with E-state index in [0.717, 1.165) is 16.7 Å². The molecule has 2 N–H and O–H groups in total. The predicted octanol–water partition coefficient (Wildman–Crippen LogP) is 2.23. The van der Waals surface area contributed by atoms with E-state index < -0.39 is 0 Å². The highest BCUT2D eigenvalue weighted by Gasteiger charge is 2.08. The van der Waals surface area contributed by atoms with Gasteiger partial charge in [-0.1, -0.05) is 36.3 Å². The Kier molecular flexibility index (Phi) is 5.93. The maximum Gasteiger partial charge on any atom is 0.238 e. The summed E-state index contributed by atoms with van der Waals surface area (Å²) in [5, 5.41) is 11.9. The summed E-state index contributed by atoms with van der Waals surface area (Å²) in [6.07, 6.45) is 5.35. The van der Waals surface area contributed by atoms with Crippen molar-refractivity contribution in [1.82, 2.24) is 4.90 Å². The first-order valence-electron chi connectivity index (χ1n) is 7.34. The van der Waals surface area contributed by atoms with Crippen molar-refractivity contribution in [3.63, 3.8) is 0 Å². The molecule has 1 amide bonds.